The second-order valence-corrected chi connectivity index (χ2v) is 8.21. The van der Waals surface area contributed by atoms with Gasteiger partial charge in [0.25, 0.3) is 5.91 Å². The Bertz CT molecular complexity index is 846. The van der Waals surface area contributed by atoms with Crippen molar-refractivity contribution in [1.82, 2.24) is 4.90 Å². The molecule has 0 saturated carbocycles. The zero-order valence-corrected chi connectivity index (χ0v) is 20.4. The maximum Gasteiger partial charge on any atom is 0.253 e. The van der Waals surface area contributed by atoms with Crippen LogP contribution in [0.3, 0.4) is 0 Å². The predicted octanol–water partition coefficient (Wildman–Crippen LogP) is 5.96. The second kappa shape index (κ2) is 14.9. The van der Waals surface area contributed by atoms with Gasteiger partial charge in [-0.2, -0.15) is 0 Å². The van der Waals surface area contributed by atoms with Crippen molar-refractivity contribution in [2.45, 2.75) is 59.3 Å². The number of hydrogen-bond acceptors (Lipinski definition) is 4. The van der Waals surface area contributed by atoms with Gasteiger partial charge in [-0.3, -0.25) is 9.59 Å². The van der Waals surface area contributed by atoms with Gasteiger partial charge in [0.05, 0.1) is 13.2 Å². The fourth-order valence-electron chi connectivity index (χ4n) is 3.54. The van der Waals surface area contributed by atoms with Crippen LogP contribution in [-0.4, -0.2) is 43.0 Å². The van der Waals surface area contributed by atoms with E-state index in [0.717, 1.165) is 43.8 Å². The summed E-state index contributed by atoms with van der Waals surface area (Å²) in [5.74, 6) is 0.667. The molecule has 2 rings (SSSR count). The molecule has 0 spiro atoms. The van der Waals surface area contributed by atoms with Crippen LogP contribution >= 0.6 is 0 Å². The van der Waals surface area contributed by atoms with Gasteiger partial charge in [0.15, 0.2) is 0 Å². The van der Waals surface area contributed by atoms with Crippen molar-refractivity contribution >= 4 is 23.2 Å². The Balaban J connectivity index is 1.81. The highest BCUT2D eigenvalue weighted by Gasteiger charge is 2.14. The van der Waals surface area contributed by atoms with Crippen LogP contribution < -0.4 is 15.4 Å². The van der Waals surface area contributed by atoms with E-state index in [1.807, 2.05) is 53.4 Å². The van der Waals surface area contributed by atoms with E-state index >= 15 is 0 Å². The van der Waals surface area contributed by atoms with Crippen LogP contribution in [0.15, 0.2) is 48.5 Å². The number of nitrogens with zero attached hydrogens (tertiary/aromatic N) is 1. The van der Waals surface area contributed by atoms with Crippen LogP contribution in [0.25, 0.3) is 0 Å². The van der Waals surface area contributed by atoms with E-state index in [4.69, 9.17) is 4.74 Å². The van der Waals surface area contributed by atoms with E-state index in [-0.39, 0.29) is 18.4 Å². The molecule has 0 aliphatic carbocycles. The molecule has 2 N–H and O–H groups in total. The fraction of sp³-hybridized carbons (Fsp3) is 0.481. The third-order valence-corrected chi connectivity index (χ3v) is 5.24. The maximum absolute atomic E-state index is 12.7. The number of hydrogen-bond donors (Lipinski definition) is 2. The Hall–Kier alpha value is -3.02. The minimum atomic E-state index is -0.146. The quantitative estimate of drug-likeness (QED) is 0.327. The number of nitrogens with one attached hydrogen (secondary N) is 2. The first-order valence-electron chi connectivity index (χ1n) is 12.2. The summed E-state index contributed by atoms with van der Waals surface area (Å²) in [6.45, 7) is 8.68. The molecule has 2 amide bonds. The summed E-state index contributed by atoms with van der Waals surface area (Å²) in [4.78, 5) is 26.9. The Morgan fingerprint density at radius 2 is 1.58 bits per heavy atom. The van der Waals surface area contributed by atoms with E-state index < -0.39 is 0 Å². The lowest BCUT2D eigenvalue weighted by Gasteiger charge is -2.21. The summed E-state index contributed by atoms with van der Waals surface area (Å²) in [7, 11) is 0. The standard InChI is InChI=1S/C27H39N3O3/c1-4-7-8-9-19-33-25-12-10-11-24(20-25)29-26(31)21-28-23-15-13-22(14-16-23)27(32)30(17-5-2)18-6-3/h10-16,20,28H,4-9,17-19,21H2,1-3H3,(H,29,31). The smallest absolute Gasteiger partial charge is 0.253 e. The summed E-state index contributed by atoms with van der Waals surface area (Å²) in [5, 5.41) is 6.00. The Kier molecular flexibility index (Phi) is 11.9. The molecule has 2 aromatic rings. The molecule has 180 valence electrons. The highest BCUT2D eigenvalue weighted by molar-refractivity contribution is 5.95. The number of benzene rings is 2. The zero-order valence-electron chi connectivity index (χ0n) is 20.4. The lowest BCUT2D eigenvalue weighted by molar-refractivity contribution is -0.114. The molecule has 0 aliphatic heterocycles. The molecule has 0 atom stereocenters. The molecule has 0 saturated heterocycles. The summed E-state index contributed by atoms with van der Waals surface area (Å²) in [5.41, 5.74) is 2.17. The normalized spacial score (nSPS) is 10.5. The predicted molar refractivity (Wildman–Crippen MR) is 136 cm³/mol. The van der Waals surface area contributed by atoms with Crippen molar-refractivity contribution in [3.8, 4) is 5.75 Å². The first kappa shape index (κ1) is 26.2. The average molecular weight is 454 g/mol. The number of anilines is 2. The Morgan fingerprint density at radius 3 is 2.24 bits per heavy atom. The van der Waals surface area contributed by atoms with Crippen LogP contribution in [0.4, 0.5) is 11.4 Å². The zero-order chi connectivity index (χ0) is 23.9. The Labute approximate surface area is 198 Å². The minimum absolute atomic E-state index is 0.0513. The monoisotopic (exact) mass is 453 g/mol. The second-order valence-electron chi connectivity index (χ2n) is 8.21. The van der Waals surface area contributed by atoms with Gasteiger partial charge in [-0.05, 0) is 55.7 Å². The molecule has 0 aromatic heterocycles. The molecule has 2 aromatic carbocycles. The topological polar surface area (TPSA) is 70.7 Å². The molecule has 0 aliphatic rings. The summed E-state index contributed by atoms with van der Waals surface area (Å²) in [6.07, 6.45) is 6.51. The summed E-state index contributed by atoms with van der Waals surface area (Å²) >= 11 is 0. The van der Waals surface area contributed by atoms with Crippen LogP contribution in [0.2, 0.25) is 0 Å². The SMILES string of the molecule is CCCCCCOc1cccc(NC(=O)CNc2ccc(C(=O)N(CCC)CCC)cc2)c1. The van der Waals surface area contributed by atoms with E-state index in [1.54, 1.807) is 0 Å². The lowest BCUT2D eigenvalue weighted by atomic mass is 10.1. The number of amides is 2. The maximum atomic E-state index is 12.7. The van der Waals surface area contributed by atoms with Gasteiger partial charge < -0.3 is 20.3 Å². The molecule has 6 nitrogen and oxygen atoms in total. The molecule has 0 bridgehead atoms. The molecule has 0 fully saturated rings. The number of ether oxygens (including phenoxy) is 1. The van der Waals surface area contributed by atoms with Gasteiger partial charge >= 0.3 is 0 Å². The summed E-state index contributed by atoms with van der Waals surface area (Å²) in [6, 6.07) is 14.8. The first-order chi connectivity index (χ1) is 16.1. The number of unbranched alkanes of at least 4 members (excludes halogenated alkanes) is 3. The molecular weight excluding hydrogens is 414 g/mol. The van der Waals surface area contributed by atoms with E-state index in [9.17, 15) is 9.59 Å². The summed E-state index contributed by atoms with van der Waals surface area (Å²) < 4.78 is 5.78. The van der Waals surface area contributed by atoms with Crippen LogP contribution in [0.1, 0.15) is 69.7 Å². The van der Waals surface area contributed by atoms with Gasteiger partial charge in [-0.15, -0.1) is 0 Å². The highest BCUT2D eigenvalue weighted by atomic mass is 16.5. The van der Waals surface area contributed by atoms with E-state index in [2.05, 4.69) is 31.4 Å². The fourth-order valence-corrected chi connectivity index (χ4v) is 3.54. The molecule has 0 heterocycles. The van der Waals surface area contributed by atoms with Crippen molar-refractivity contribution in [3.05, 3.63) is 54.1 Å². The molecule has 0 radical (unpaired) electrons. The highest BCUT2D eigenvalue weighted by Crippen LogP contribution is 2.18. The van der Waals surface area contributed by atoms with Gasteiger partial charge in [0.2, 0.25) is 5.91 Å². The lowest BCUT2D eigenvalue weighted by Crippen LogP contribution is -2.32. The molecule has 6 heteroatoms. The van der Waals surface area contributed by atoms with Gasteiger partial charge in [-0.25, -0.2) is 0 Å². The third kappa shape index (κ3) is 9.56. The van der Waals surface area contributed by atoms with Gasteiger partial charge in [0.1, 0.15) is 5.75 Å². The molecular formula is C27H39N3O3. The van der Waals surface area contributed by atoms with Gasteiger partial charge in [-0.1, -0.05) is 46.1 Å². The largest absolute Gasteiger partial charge is 0.494 e. The molecule has 33 heavy (non-hydrogen) atoms. The third-order valence-electron chi connectivity index (χ3n) is 5.24. The number of rotatable bonds is 15. The van der Waals surface area contributed by atoms with E-state index in [0.29, 0.717) is 17.9 Å². The van der Waals surface area contributed by atoms with Crippen LogP contribution in [0.5, 0.6) is 5.75 Å². The van der Waals surface area contributed by atoms with Crippen LogP contribution in [0, 0.1) is 0 Å². The van der Waals surface area contributed by atoms with Crippen molar-refractivity contribution < 1.29 is 14.3 Å². The Morgan fingerprint density at radius 1 is 0.848 bits per heavy atom. The van der Waals surface area contributed by atoms with E-state index in [1.165, 1.54) is 19.3 Å². The minimum Gasteiger partial charge on any atom is -0.494 e. The number of carbonyl (C=O) groups excluding carboxylic acids is 2. The van der Waals surface area contributed by atoms with Crippen molar-refractivity contribution in [2.24, 2.45) is 0 Å². The first-order valence-corrected chi connectivity index (χ1v) is 12.2. The average Bonchev–Trinajstić information content (AvgIpc) is 2.82. The van der Waals surface area contributed by atoms with Crippen molar-refractivity contribution in [3.63, 3.8) is 0 Å². The van der Waals surface area contributed by atoms with Crippen molar-refractivity contribution in [2.75, 3.05) is 36.9 Å². The number of carbonyl (C=O) groups is 2. The molecule has 0 unspecified atom stereocenters. The van der Waals surface area contributed by atoms with Crippen molar-refractivity contribution in [1.29, 1.82) is 0 Å². The van der Waals surface area contributed by atoms with Gasteiger partial charge in [0, 0.05) is 36.1 Å². The van der Waals surface area contributed by atoms with Crippen LogP contribution in [-0.2, 0) is 4.79 Å².